The molecule has 0 saturated heterocycles. The molecule has 0 aromatic heterocycles. The summed E-state index contributed by atoms with van der Waals surface area (Å²) < 4.78 is 5.26. The zero-order chi connectivity index (χ0) is 17.1. The number of hydrogen-bond donors (Lipinski definition) is 4. The molecule has 1 aromatic rings. The van der Waals surface area contributed by atoms with Crippen molar-refractivity contribution in [1.29, 1.82) is 0 Å². The van der Waals surface area contributed by atoms with Crippen LogP contribution in [0.2, 0.25) is 0 Å². The van der Waals surface area contributed by atoms with Crippen LogP contribution in [0.3, 0.4) is 0 Å². The van der Waals surface area contributed by atoms with E-state index in [0.29, 0.717) is 24.2 Å². The van der Waals surface area contributed by atoms with Crippen LogP contribution in [0.15, 0.2) is 48.1 Å². The van der Waals surface area contributed by atoms with E-state index in [1.165, 1.54) is 11.6 Å². The zero-order valence-corrected chi connectivity index (χ0v) is 13.1. The summed E-state index contributed by atoms with van der Waals surface area (Å²) in [7, 11) is 0. The van der Waals surface area contributed by atoms with E-state index in [1.54, 1.807) is 37.3 Å². The fourth-order valence-electron chi connectivity index (χ4n) is 1.93. The van der Waals surface area contributed by atoms with Crippen molar-refractivity contribution >= 4 is 5.91 Å². The highest BCUT2D eigenvalue weighted by molar-refractivity contribution is 5.87. The molecule has 0 fully saturated rings. The van der Waals surface area contributed by atoms with Crippen LogP contribution >= 0.6 is 0 Å². The third kappa shape index (κ3) is 7.60. The number of hydrogen-bond acceptors (Lipinski definition) is 5. The molecular formula is C17H23NO5. The maximum Gasteiger partial charge on any atom is 0.267 e. The molecule has 0 aliphatic heterocycles. The minimum atomic E-state index is -0.587. The average molecular weight is 321 g/mol. The lowest BCUT2D eigenvalue weighted by atomic mass is 10.0. The molecule has 0 heterocycles. The second kappa shape index (κ2) is 10.6. The van der Waals surface area contributed by atoms with Crippen LogP contribution in [0.1, 0.15) is 31.4 Å². The minimum Gasteiger partial charge on any atom is -0.491 e. The summed E-state index contributed by atoms with van der Waals surface area (Å²) in [6, 6.07) is 7.09. The predicted molar refractivity (Wildman–Crippen MR) is 86.0 cm³/mol. The summed E-state index contributed by atoms with van der Waals surface area (Å²) in [5.74, 6) is 0.0773. The topological polar surface area (TPSA) is 99.0 Å². The summed E-state index contributed by atoms with van der Waals surface area (Å²) in [6.07, 6.45) is 5.50. The molecule has 126 valence electrons. The van der Waals surface area contributed by atoms with Crippen molar-refractivity contribution in [3.8, 4) is 5.75 Å². The van der Waals surface area contributed by atoms with Crippen molar-refractivity contribution in [3.63, 3.8) is 0 Å². The predicted octanol–water partition coefficient (Wildman–Crippen LogP) is 1.88. The first-order valence-electron chi connectivity index (χ1n) is 7.37. The molecule has 0 spiro atoms. The Morgan fingerprint density at radius 2 is 2.04 bits per heavy atom. The number of aliphatic hydroxyl groups is 2. The summed E-state index contributed by atoms with van der Waals surface area (Å²) in [6.45, 7) is 1.95. The lowest BCUT2D eigenvalue weighted by molar-refractivity contribution is -0.124. The van der Waals surface area contributed by atoms with Gasteiger partial charge in [-0.15, -0.1) is 0 Å². The van der Waals surface area contributed by atoms with Gasteiger partial charge in [0, 0.05) is 6.08 Å². The van der Waals surface area contributed by atoms with E-state index in [2.05, 4.69) is 0 Å². The SMILES string of the molecule is CC(/C=C/CC[C@@H](O)c1ccc(OCCO)cc1)=C\C(=O)NO. The van der Waals surface area contributed by atoms with Gasteiger partial charge in [-0.05, 0) is 43.0 Å². The van der Waals surface area contributed by atoms with Crippen molar-refractivity contribution in [2.45, 2.75) is 25.9 Å². The third-order valence-electron chi connectivity index (χ3n) is 3.08. The van der Waals surface area contributed by atoms with Crippen LogP contribution in [-0.4, -0.2) is 34.5 Å². The molecule has 1 amide bonds. The highest BCUT2D eigenvalue weighted by Crippen LogP contribution is 2.21. The van der Waals surface area contributed by atoms with E-state index in [9.17, 15) is 9.90 Å². The quantitative estimate of drug-likeness (QED) is 0.241. The number of carbonyl (C=O) groups excluding carboxylic acids is 1. The second-order valence-corrected chi connectivity index (χ2v) is 5.00. The summed E-state index contributed by atoms with van der Waals surface area (Å²) in [5.41, 5.74) is 3.03. The summed E-state index contributed by atoms with van der Waals surface area (Å²) >= 11 is 0. The minimum absolute atomic E-state index is 0.0372. The zero-order valence-electron chi connectivity index (χ0n) is 13.1. The Bertz CT molecular complexity index is 536. The van der Waals surface area contributed by atoms with Gasteiger partial charge in [0.25, 0.3) is 5.91 Å². The van der Waals surface area contributed by atoms with Crippen LogP contribution in [0, 0.1) is 0 Å². The van der Waals surface area contributed by atoms with Gasteiger partial charge >= 0.3 is 0 Å². The van der Waals surface area contributed by atoms with Crippen molar-refractivity contribution < 1.29 is 25.0 Å². The summed E-state index contributed by atoms with van der Waals surface area (Å²) in [5, 5.41) is 27.2. The molecule has 1 atom stereocenters. The van der Waals surface area contributed by atoms with Crippen LogP contribution in [0.5, 0.6) is 5.75 Å². The van der Waals surface area contributed by atoms with Crippen molar-refractivity contribution in [3.05, 3.63) is 53.6 Å². The number of hydroxylamine groups is 1. The second-order valence-electron chi connectivity index (χ2n) is 5.00. The number of rotatable bonds is 9. The van der Waals surface area contributed by atoms with E-state index in [0.717, 1.165) is 5.56 Å². The Kier molecular flexibility index (Phi) is 8.67. The molecule has 0 radical (unpaired) electrons. The fourth-order valence-corrected chi connectivity index (χ4v) is 1.93. The number of allylic oxidation sites excluding steroid dienone is 3. The van der Waals surface area contributed by atoms with Crippen LogP contribution < -0.4 is 10.2 Å². The number of amides is 1. The Labute approximate surface area is 135 Å². The molecule has 0 aliphatic rings. The van der Waals surface area contributed by atoms with Gasteiger partial charge < -0.3 is 14.9 Å². The highest BCUT2D eigenvalue weighted by atomic mass is 16.5. The molecule has 0 bridgehead atoms. The largest absolute Gasteiger partial charge is 0.491 e. The van der Waals surface area contributed by atoms with Gasteiger partial charge in [-0.25, -0.2) is 5.48 Å². The molecule has 0 unspecified atom stereocenters. The molecule has 1 aromatic carbocycles. The molecular weight excluding hydrogens is 298 g/mol. The van der Waals surface area contributed by atoms with Gasteiger partial charge in [0.2, 0.25) is 0 Å². The number of carbonyl (C=O) groups is 1. The fraction of sp³-hybridized carbons (Fsp3) is 0.353. The maximum absolute atomic E-state index is 10.9. The van der Waals surface area contributed by atoms with Gasteiger partial charge in [0.1, 0.15) is 12.4 Å². The molecule has 1 rings (SSSR count). The number of nitrogens with one attached hydrogen (secondary N) is 1. The lowest BCUT2D eigenvalue weighted by Gasteiger charge is -2.11. The van der Waals surface area contributed by atoms with Gasteiger partial charge in [0.05, 0.1) is 12.7 Å². The Balaban J connectivity index is 2.43. The Morgan fingerprint density at radius 1 is 1.35 bits per heavy atom. The molecule has 6 nitrogen and oxygen atoms in total. The van der Waals surface area contributed by atoms with Crippen LogP contribution in [-0.2, 0) is 4.79 Å². The smallest absolute Gasteiger partial charge is 0.267 e. The van der Waals surface area contributed by atoms with Gasteiger partial charge in [-0.3, -0.25) is 10.0 Å². The monoisotopic (exact) mass is 321 g/mol. The molecule has 0 aliphatic carbocycles. The van der Waals surface area contributed by atoms with E-state index < -0.39 is 12.0 Å². The molecule has 23 heavy (non-hydrogen) atoms. The number of benzene rings is 1. The first-order valence-corrected chi connectivity index (χ1v) is 7.37. The van der Waals surface area contributed by atoms with E-state index in [4.69, 9.17) is 15.1 Å². The van der Waals surface area contributed by atoms with Crippen molar-refractivity contribution in [1.82, 2.24) is 5.48 Å². The maximum atomic E-state index is 10.9. The van der Waals surface area contributed by atoms with Crippen LogP contribution in [0.25, 0.3) is 0 Å². The normalized spacial score (nSPS) is 13.1. The first-order chi connectivity index (χ1) is 11.1. The molecule has 6 heteroatoms. The standard InChI is InChI=1S/C17H23NO5/c1-13(12-17(21)18-22)4-2-3-5-16(20)14-6-8-15(9-7-14)23-11-10-19/h2,4,6-9,12,16,19-20,22H,3,5,10-11H2,1H3,(H,18,21)/b4-2+,13-12+/t16-/m1/s1. The summed E-state index contributed by atoms with van der Waals surface area (Å²) in [4.78, 5) is 10.9. The van der Waals surface area contributed by atoms with Gasteiger partial charge in [-0.2, -0.15) is 0 Å². The first kappa shape index (κ1) is 18.9. The van der Waals surface area contributed by atoms with Crippen molar-refractivity contribution in [2.75, 3.05) is 13.2 Å². The lowest BCUT2D eigenvalue weighted by Crippen LogP contribution is -2.15. The third-order valence-corrected chi connectivity index (χ3v) is 3.08. The Hall–Kier alpha value is -2.15. The van der Waals surface area contributed by atoms with Crippen molar-refractivity contribution in [2.24, 2.45) is 0 Å². The number of aliphatic hydroxyl groups excluding tert-OH is 2. The van der Waals surface area contributed by atoms with E-state index >= 15 is 0 Å². The molecule has 0 saturated carbocycles. The van der Waals surface area contributed by atoms with E-state index in [1.807, 2.05) is 6.08 Å². The van der Waals surface area contributed by atoms with Crippen LogP contribution in [0.4, 0.5) is 0 Å². The van der Waals surface area contributed by atoms with Gasteiger partial charge in [0.15, 0.2) is 0 Å². The van der Waals surface area contributed by atoms with Gasteiger partial charge in [-0.1, -0.05) is 24.3 Å². The Morgan fingerprint density at radius 3 is 2.65 bits per heavy atom. The highest BCUT2D eigenvalue weighted by Gasteiger charge is 2.06. The average Bonchev–Trinajstić information content (AvgIpc) is 2.57. The molecule has 4 N–H and O–H groups in total. The van der Waals surface area contributed by atoms with E-state index in [-0.39, 0.29) is 13.2 Å². The number of ether oxygens (including phenoxy) is 1.